The van der Waals surface area contributed by atoms with Crippen molar-refractivity contribution >= 4 is 34.1 Å². The van der Waals surface area contributed by atoms with E-state index in [1.54, 1.807) is 19.4 Å². The molecule has 0 radical (unpaired) electrons. The summed E-state index contributed by atoms with van der Waals surface area (Å²) in [5.41, 5.74) is 6.35. The van der Waals surface area contributed by atoms with Crippen LogP contribution in [-0.4, -0.2) is 33.4 Å². The molecule has 0 unspecified atom stereocenters. The molecule has 0 aliphatic heterocycles. The van der Waals surface area contributed by atoms with E-state index in [9.17, 15) is 9.18 Å². The summed E-state index contributed by atoms with van der Waals surface area (Å²) in [6.45, 7) is 0. The van der Waals surface area contributed by atoms with Gasteiger partial charge in [-0.25, -0.2) is 9.78 Å². The molecule has 0 bridgehead atoms. The SMILES string of the molecule is COc1cc(C(=C(c2ccc(/C=C/C(=O)O)cc2)c2ccc3n[nH]c(F)c3c2)C2CCC2)ccn1. The van der Waals surface area contributed by atoms with Crippen LogP contribution in [0, 0.1) is 11.9 Å². The zero-order chi connectivity index (χ0) is 24.4. The standard InChI is InChI=1S/C28H24FN3O3/c1-35-24-16-21(13-14-30-24)26(18-3-2-4-18)27(19-8-5-17(6-9-19)7-12-25(33)34)20-10-11-23-22(15-20)28(29)32-31-23/h5-16,18H,2-4H2,1H3,(H,31,32)(H,33,34)/b12-7+,27-26?. The second-order valence-corrected chi connectivity index (χ2v) is 8.57. The largest absolute Gasteiger partial charge is 0.481 e. The number of carboxylic acid groups (broad SMARTS) is 1. The number of methoxy groups -OCH3 is 1. The molecule has 35 heavy (non-hydrogen) atoms. The fraction of sp³-hybridized carbons (Fsp3) is 0.179. The molecule has 7 heteroatoms. The number of rotatable bonds is 7. The van der Waals surface area contributed by atoms with Crippen molar-refractivity contribution in [2.24, 2.45) is 5.92 Å². The molecule has 1 fully saturated rings. The molecule has 1 aliphatic carbocycles. The van der Waals surface area contributed by atoms with Gasteiger partial charge in [0.25, 0.3) is 0 Å². The number of hydrogen-bond acceptors (Lipinski definition) is 4. The summed E-state index contributed by atoms with van der Waals surface area (Å²) in [5, 5.41) is 15.8. The quantitative estimate of drug-likeness (QED) is 0.326. The van der Waals surface area contributed by atoms with E-state index in [-0.39, 0.29) is 0 Å². The summed E-state index contributed by atoms with van der Waals surface area (Å²) in [7, 11) is 1.60. The van der Waals surface area contributed by atoms with Crippen LogP contribution in [0.1, 0.15) is 41.5 Å². The Morgan fingerprint density at radius 3 is 2.54 bits per heavy atom. The van der Waals surface area contributed by atoms with E-state index in [0.29, 0.717) is 22.7 Å². The number of pyridine rings is 1. The van der Waals surface area contributed by atoms with Crippen molar-refractivity contribution < 1.29 is 19.0 Å². The van der Waals surface area contributed by atoms with Gasteiger partial charge in [0.1, 0.15) is 0 Å². The van der Waals surface area contributed by atoms with E-state index >= 15 is 0 Å². The zero-order valence-electron chi connectivity index (χ0n) is 19.2. The Morgan fingerprint density at radius 2 is 1.86 bits per heavy atom. The van der Waals surface area contributed by atoms with Gasteiger partial charge in [0.05, 0.1) is 18.0 Å². The van der Waals surface area contributed by atoms with E-state index in [4.69, 9.17) is 9.84 Å². The Balaban J connectivity index is 1.74. The van der Waals surface area contributed by atoms with Gasteiger partial charge < -0.3 is 9.84 Å². The number of carbonyl (C=O) groups is 1. The lowest BCUT2D eigenvalue weighted by molar-refractivity contribution is -0.131. The van der Waals surface area contributed by atoms with Crippen LogP contribution in [0.3, 0.4) is 0 Å². The third-order valence-corrected chi connectivity index (χ3v) is 6.45. The summed E-state index contributed by atoms with van der Waals surface area (Å²) in [6.07, 6.45) is 7.69. The van der Waals surface area contributed by atoms with E-state index in [1.165, 1.54) is 0 Å². The molecule has 0 spiro atoms. The molecule has 1 aliphatic rings. The molecule has 2 aromatic carbocycles. The van der Waals surface area contributed by atoms with Gasteiger partial charge in [-0.2, -0.15) is 9.49 Å². The van der Waals surface area contributed by atoms with Crippen LogP contribution in [0.2, 0.25) is 0 Å². The Hall–Kier alpha value is -4.26. The summed E-state index contributed by atoms with van der Waals surface area (Å²) < 4.78 is 19.8. The van der Waals surface area contributed by atoms with Crippen molar-refractivity contribution in [3.63, 3.8) is 0 Å². The number of carboxylic acids is 1. The third-order valence-electron chi connectivity index (χ3n) is 6.45. The average Bonchev–Trinajstić information content (AvgIpc) is 3.22. The molecule has 0 saturated heterocycles. The highest BCUT2D eigenvalue weighted by molar-refractivity contribution is 6.01. The molecular weight excluding hydrogens is 445 g/mol. The smallest absolute Gasteiger partial charge is 0.328 e. The minimum atomic E-state index is -0.996. The van der Waals surface area contributed by atoms with Crippen molar-refractivity contribution in [2.75, 3.05) is 7.11 Å². The van der Waals surface area contributed by atoms with Crippen molar-refractivity contribution in [3.05, 3.63) is 95.1 Å². The van der Waals surface area contributed by atoms with Gasteiger partial charge in [-0.3, -0.25) is 5.10 Å². The van der Waals surface area contributed by atoms with E-state index in [2.05, 4.69) is 15.2 Å². The number of aliphatic carboxylic acids is 1. The average molecular weight is 470 g/mol. The first kappa shape index (κ1) is 22.5. The van der Waals surface area contributed by atoms with Crippen LogP contribution >= 0.6 is 0 Å². The maximum Gasteiger partial charge on any atom is 0.328 e. The molecule has 176 valence electrons. The molecule has 4 aromatic rings. The number of H-pyrrole nitrogens is 1. The van der Waals surface area contributed by atoms with Gasteiger partial charge in [-0.15, -0.1) is 0 Å². The number of nitrogens with one attached hydrogen (secondary N) is 1. The van der Waals surface area contributed by atoms with Crippen molar-refractivity contribution in [1.29, 1.82) is 0 Å². The van der Waals surface area contributed by atoms with E-state index in [0.717, 1.165) is 58.7 Å². The maximum absolute atomic E-state index is 14.4. The van der Waals surface area contributed by atoms with Crippen molar-refractivity contribution in [3.8, 4) is 5.88 Å². The minimum absolute atomic E-state index is 0.341. The number of benzene rings is 2. The Bertz CT molecular complexity index is 1450. The lowest BCUT2D eigenvalue weighted by Gasteiger charge is -2.31. The number of nitrogens with zero attached hydrogens (tertiary/aromatic N) is 2. The number of ether oxygens (including phenoxy) is 1. The van der Waals surface area contributed by atoms with E-state index in [1.807, 2.05) is 54.6 Å². The normalized spacial score (nSPS) is 14.7. The number of halogens is 1. The Morgan fingerprint density at radius 1 is 1.09 bits per heavy atom. The monoisotopic (exact) mass is 469 g/mol. The predicted octanol–water partition coefficient (Wildman–Crippen LogP) is 5.96. The van der Waals surface area contributed by atoms with Crippen molar-refractivity contribution in [1.82, 2.24) is 15.2 Å². The molecule has 1 saturated carbocycles. The highest BCUT2D eigenvalue weighted by Gasteiger charge is 2.28. The molecule has 6 nitrogen and oxygen atoms in total. The fourth-order valence-electron chi connectivity index (χ4n) is 4.51. The molecule has 2 heterocycles. The second kappa shape index (κ2) is 9.54. The van der Waals surface area contributed by atoms with Gasteiger partial charge in [0.2, 0.25) is 11.8 Å². The van der Waals surface area contributed by atoms with Crippen LogP contribution in [0.15, 0.2) is 66.9 Å². The maximum atomic E-state index is 14.4. The number of aromatic amines is 1. The first-order chi connectivity index (χ1) is 17.0. The van der Waals surface area contributed by atoms with Gasteiger partial charge in [-0.1, -0.05) is 36.8 Å². The Labute approximate surface area is 201 Å². The van der Waals surface area contributed by atoms with Crippen LogP contribution in [0.4, 0.5) is 4.39 Å². The lowest BCUT2D eigenvalue weighted by Crippen LogP contribution is -2.15. The van der Waals surface area contributed by atoms with Crippen LogP contribution in [0.5, 0.6) is 5.88 Å². The molecule has 5 rings (SSSR count). The molecule has 2 aromatic heterocycles. The summed E-state index contributed by atoms with van der Waals surface area (Å²) >= 11 is 0. The van der Waals surface area contributed by atoms with Crippen molar-refractivity contribution in [2.45, 2.75) is 19.3 Å². The highest BCUT2D eigenvalue weighted by atomic mass is 19.1. The van der Waals surface area contributed by atoms with Crippen LogP contribution in [-0.2, 0) is 4.79 Å². The molecular formula is C28H24FN3O3. The topological polar surface area (TPSA) is 88.1 Å². The molecule has 0 amide bonds. The summed E-state index contributed by atoms with van der Waals surface area (Å²) in [4.78, 5) is 15.2. The predicted molar refractivity (Wildman–Crippen MR) is 133 cm³/mol. The number of aromatic nitrogens is 3. The molecule has 2 N–H and O–H groups in total. The fourth-order valence-corrected chi connectivity index (χ4v) is 4.51. The highest BCUT2D eigenvalue weighted by Crippen LogP contribution is 2.45. The molecule has 0 atom stereocenters. The van der Waals surface area contributed by atoms with Gasteiger partial charge in [-0.05, 0) is 76.4 Å². The third kappa shape index (κ3) is 4.57. The van der Waals surface area contributed by atoms with Gasteiger partial charge >= 0.3 is 5.97 Å². The lowest BCUT2D eigenvalue weighted by atomic mass is 9.73. The number of fused-ring (bicyclic) bond motifs is 1. The number of hydrogen-bond donors (Lipinski definition) is 2. The second-order valence-electron chi connectivity index (χ2n) is 8.57. The summed E-state index contributed by atoms with van der Waals surface area (Å²) in [5.74, 6) is -0.590. The van der Waals surface area contributed by atoms with Crippen LogP contribution < -0.4 is 4.74 Å². The van der Waals surface area contributed by atoms with E-state index < -0.39 is 11.9 Å². The Kier molecular flexibility index (Phi) is 6.14. The minimum Gasteiger partial charge on any atom is -0.481 e. The zero-order valence-corrected chi connectivity index (χ0v) is 19.2. The van der Waals surface area contributed by atoms with Gasteiger partial charge in [0.15, 0.2) is 0 Å². The van der Waals surface area contributed by atoms with Crippen LogP contribution in [0.25, 0.3) is 28.1 Å². The number of allylic oxidation sites excluding steroid dienone is 1. The first-order valence-corrected chi connectivity index (χ1v) is 11.4. The van der Waals surface area contributed by atoms with Gasteiger partial charge in [0, 0.05) is 18.3 Å². The first-order valence-electron chi connectivity index (χ1n) is 11.4. The summed E-state index contributed by atoms with van der Waals surface area (Å²) in [6, 6.07) is 17.3.